The molecule has 7 heteroatoms. The highest BCUT2D eigenvalue weighted by molar-refractivity contribution is 7.09. The average Bonchev–Trinajstić information content (AvgIpc) is 2.88. The average molecular weight is 256 g/mol. The van der Waals surface area contributed by atoms with Crippen molar-refractivity contribution in [3.05, 3.63) is 5.82 Å². The zero-order valence-corrected chi connectivity index (χ0v) is 10.0. The standard InChI is InChI=1S/C10H13FN4OS/c11-10(8(12)16)3-4-15(5-10)9-13-7(14-17-9)6-1-2-6/h6H,1-5H2,(H2,12,16). The van der Waals surface area contributed by atoms with Crippen LogP contribution in [0.25, 0.3) is 0 Å². The number of nitrogens with two attached hydrogens (primary N) is 1. The normalized spacial score (nSPS) is 28.6. The quantitative estimate of drug-likeness (QED) is 0.869. The van der Waals surface area contributed by atoms with Gasteiger partial charge in [-0.25, -0.2) is 9.37 Å². The van der Waals surface area contributed by atoms with Crippen LogP contribution in [0.3, 0.4) is 0 Å². The Kier molecular flexibility index (Phi) is 2.32. The minimum Gasteiger partial charge on any atom is -0.367 e. The van der Waals surface area contributed by atoms with Gasteiger partial charge in [0.1, 0.15) is 5.82 Å². The number of halogens is 1. The van der Waals surface area contributed by atoms with Gasteiger partial charge in [-0.3, -0.25) is 4.79 Å². The zero-order chi connectivity index (χ0) is 12.0. The largest absolute Gasteiger partial charge is 0.367 e. The van der Waals surface area contributed by atoms with E-state index in [4.69, 9.17) is 5.73 Å². The van der Waals surface area contributed by atoms with Gasteiger partial charge in [0.05, 0.1) is 6.54 Å². The molecule has 0 radical (unpaired) electrons. The molecule has 0 spiro atoms. The fourth-order valence-electron chi connectivity index (χ4n) is 2.00. The maximum absolute atomic E-state index is 14.0. The number of hydrogen-bond acceptors (Lipinski definition) is 5. The summed E-state index contributed by atoms with van der Waals surface area (Å²) < 4.78 is 18.3. The zero-order valence-electron chi connectivity index (χ0n) is 9.23. The first-order valence-corrected chi connectivity index (χ1v) is 6.43. The summed E-state index contributed by atoms with van der Waals surface area (Å²) in [6.45, 7) is 0.473. The summed E-state index contributed by atoms with van der Waals surface area (Å²) in [5.74, 6) is 0.473. The smallest absolute Gasteiger partial charge is 0.257 e. The summed E-state index contributed by atoms with van der Waals surface area (Å²) in [6, 6.07) is 0. The molecule has 5 nitrogen and oxygen atoms in total. The molecular formula is C10H13FN4OS. The Morgan fingerprint density at radius 3 is 2.94 bits per heavy atom. The summed E-state index contributed by atoms with van der Waals surface area (Å²) >= 11 is 1.27. The molecule has 3 rings (SSSR count). The molecule has 2 fully saturated rings. The minimum absolute atomic E-state index is 0.00162. The number of carbonyl (C=O) groups is 1. The van der Waals surface area contributed by atoms with Crippen LogP contribution < -0.4 is 10.6 Å². The van der Waals surface area contributed by atoms with Gasteiger partial charge in [0.15, 0.2) is 0 Å². The van der Waals surface area contributed by atoms with Crippen molar-refractivity contribution in [2.24, 2.45) is 5.73 Å². The molecule has 1 aromatic rings. The van der Waals surface area contributed by atoms with Gasteiger partial charge in [0.2, 0.25) is 10.8 Å². The van der Waals surface area contributed by atoms with Gasteiger partial charge in [-0.05, 0) is 12.8 Å². The first-order chi connectivity index (χ1) is 8.08. The van der Waals surface area contributed by atoms with Gasteiger partial charge in [0.25, 0.3) is 5.91 Å². The van der Waals surface area contributed by atoms with Crippen LogP contribution >= 0.6 is 11.5 Å². The molecule has 1 saturated heterocycles. The summed E-state index contributed by atoms with van der Waals surface area (Å²) in [5, 5.41) is 0.702. The van der Waals surface area contributed by atoms with E-state index < -0.39 is 11.6 Å². The third-order valence-corrected chi connectivity index (χ3v) is 4.10. The fraction of sp³-hybridized carbons (Fsp3) is 0.700. The second kappa shape index (κ2) is 3.63. The molecule has 1 amide bonds. The SMILES string of the molecule is NC(=O)C1(F)CCN(c2nc(C3CC3)ns2)C1. The van der Waals surface area contributed by atoms with E-state index in [2.05, 4.69) is 9.36 Å². The van der Waals surface area contributed by atoms with Crippen LogP contribution in [0.2, 0.25) is 0 Å². The Morgan fingerprint density at radius 1 is 1.59 bits per heavy atom. The van der Waals surface area contributed by atoms with Crippen molar-refractivity contribution in [1.82, 2.24) is 9.36 Å². The van der Waals surface area contributed by atoms with Crippen LogP contribution in [0.15, 0.2) is 0 Å². The molecule has 1 unspecified atom stereocenters. The molecule has 92 valence electrons. The van der Waals surface area contributed by atoms with Gasteiger partial charge < -0.3 is 10.6 Å². The van der Waals surface area contributed by atoms with Crippen molar-refractivity contribution in [2.75, 3.05) is 18.0 Å². The third-order valence-electron chi connectivity index (χ3n) is 3.31. The number of amides is 1. The number of aromatic nitrogens is 2. The molecule has 1 saturated carbocycles. The lowest BCUT2D eigenvalue weighted by molar-refractivity contribution is -0.128. The van der Waals surface area contributed by atoms with E-state index in [9.17, 15) is 9.18 Å². The number of carbonyl (C=O) groups excluding carboxylic acids is 1. The maximum Gasteiger partial charge on any atom is 0.257 e. The topological polar surface area (TPSA) is 72.1 Å². The molecule has 1 aliphatic heterocycles. The van der Waals surface area contributed by atoms with E-state index in [-0.39, 0.29) is 13.0 Å². The fourth-order valence-corrected chi connectivity index (χ4v) is 2.77. The third kappa shape index (κ3) is 1.88. The number of hydrogen-bond donors (Lipinski definition) is 1. The van der Waals surface area contributed by atoms with Crippen molar-refractivity contribution < 1.29 is 9.18 Å². The first-order valence-electron chi connectivity index (χ1n) is 5.66. The van der Waals surface area contributed by atoms with Gasteiger partial charge in [0, 0.05) is 30.4 Å². The molecule has 0 aromatic carbocycles. The lowest BCUT2D eigenvalue weighted by Gasteiger charge is -2.16. The summed E-state index contributed by atoms with van der Waals surface area (Å²) in [7, 11) is 0. The lowest BCUT2D eigenvalue weighted by Crippen LogP contribution is -2.42. The predicted octanol–water partition coefficient (Wildman–Crippen LogP) is 0.819. The van der Waals surface area contributed by atoms with Gasteiger partial charge in [-0.15, -0.1) is 0 Å². The molecular weight excluding hydrogens is 243 g/mol. The predicted molar refractivity (Wildman–Crippen MR) is 61.7 cm³/mol. The van der Waals surface area contributed by atoms with E-state index in [0.717, 1.165) is 18.7 Å². The van der Waals surface area contributed by atoms with E-state index in [1.807, 2.05) is 0 Å². The molecule has 2 N–H and O–H groups in total. The van der Waals surface area contributed by atoms with E-state index in [1.165, 1.54) is 11.5 Å². The van der Waals surface area contributed by atoms with E-state index in [0.29, 0.717) is 17.6 Å². The molecule has 0 bridgehead atoms. The Hall–Kier alpha value is -1.24. The van der Waals surface area contributed by atoms with Crippen molar-refractivity contribution in [3.63, 3.8) is 0 Å². The summed E-state index contributed by atoms with van der Waals surface area (Å²) in [4.78, 5) is 17.2. The maximum atomic E-state index is 14.0. The molecule has 1 aromatic heterocycles. The van der Waals surface area contributed by atoms with Crippen LogP contribution in [0.4, 0.5) is 9.52 Å². The number of rotatable bonds is 3. The second-order valence-corrected chi connectivity index (χ2v) is 5.44. The Morgan fingerprint density at radius 2 is 2.35 bits per heavy atom. The van der Waals surface area contributed by atoms with E-state index >= 15 is 0 Å². The Labute approximate surface area is 102 Å². The van der Waals surface area contributed by atoms with Crippen LogP contribution in [0, 0.1) is 0 Å². The molecule has 2 aliphatic rings. The molecule has 17 heavy (non-hydrogen) atoms. The number of nitrogens with zero attached hydrogens (tertiary/aromatic N) is 3. The van der Waals surface area contributed by atoms with Gasteiger partial charge >= 0.3 is 0 Å². The second-order valence-electron chi connectivity index (χ2n) is 4.71. The van der Waals surface area contributed by atoms with Gasteiger partial charge in [-0.1, -0.05) is 0 Å². The molecule has 1 aliphatic carbocycles. The molecule has 1 atom stereocenters. The highest BCUT2D eigenvalue weighted by Crippen LogP contribution is 2.40. The summed E-state index contributed by atoms with van der Waals surface area (Å²) in [5.41, 5.74) is 3.15. The van der Waals surface area contributed by atoms with Crippen LogP contribution in [0.1, 0.15) is 31.0 Å². The molecule has 2 heterocycles. The van der Waals surface area contributed by atoms with Gasteiger partial charge in [-0.2, -0.15) is 4.37 Å². The Balaban J connectivity index is 1.74. The van der Waals surface area contributed by atoms with Crippen molar-refractivity contribution >= 4 is 22.6 Å². The first kappa shape index (κ1) is 10.9. The number of alkyl halides is 1. The minimum atomic E-state index is -1.91. The number of anilines is 1. The van der Waals surface area contributed by atoms with Crippen molar-refractivity contribution in [2.45, 2.75) is 30.8 Å². The van der Waals surface area contributed by atoms with Crippen LogP contribution in [0.5, 0.6) is 0 Å². The highest BCUT2D eigenvalue weighted by Gasteiger charge is 2.44. The Bertz CT molecular complexity index is 461. The lowest BCUT2D eigenvalue weighted by atomic mass is 10.1. The van der Waals surface area contributed by atoms with E-state index in [1.54, 1.807) is 4.90 Å². The number of primary amides is 1. The van der Waals surface area contributed by atoms with Crippen LogP contribution in [-0.4, -0.2) is 34.0 Å². The monoisotopic (exact) mass is 256 g/mol. The highest BCUT2D eigenvalue weighted by atomic mass is 32.1. The van der Waals surface area contributed by atoms with Crippen molar-refractivity contribution in [1.29, 1.82) is 0 Å². The van der Waals surface area contributed by atoms with Crippen LogP contribution in [-0.2, 0) is 4.79 Å². The van der Waals surface area contributed by atoms with Crippen molar-refractivity contribution in [3.8, 4) is 0 Å². The summed E-state index contributed by atoms with van der Waals surface area (Å²) in [6.07, 6.45) is 2.43.